The lowest BCUT2D eigenvalue weighted by Crippen LogP contribution is -2.35. The maximum atomic E-state index is 13.7. The van der Waals surface area contributed by atoms with E-state index in [1.54, 1.807) is 17.6 Å². The number of aromatic nitrogens is 2. The van der Waals surface area contributed by atoms with Crippen LogP contribution in [0, 0.1) is 0 Å². The molecule has 2 N–H and O–H groups in total. The van der Waals surface area contributed by atoms with Crippen LogP contribution in [0.3, 0.4) is 0 Å². The zero-order chi connectivity index (χ0) is 25.9. The van der Waals surface area contributed by atoms with Crippen molar-refractivity contribution in [1.29, 1.82) is 0 Å². The largest absolute Gasteiger partial charge is 0.508 e. The van der Waals surface area contributed by atoms with E-state index in [0.717, 1.165) is 40.7 Å². The maximum absolute atomic E-state index is 13.7. The van der Waals surface area contributed by atoms with E-state index in [-0.39, 0.29) is 30.8 Å². The van der Waals surface area contributed by atoms with Crippen LogP contribution in [-0.4, -0.2) is 56.9 Å². The number of aliphatic hydroxyl groups is 1. The van der Waals surface area contributed by atoms with Gasteiger partial charge in [0.25, 0.3) is 5.56 Å². The number of carbonyl (C=O) groups excluding carboxylic acids is 1. The van der Waals surface area contributed by atoms with Gasteiger partial charge in [-0.05, 0) is 42.2 Å². The van der Waals surface area contributed by atoms with E-state index in [1.165, 1.54) is 0 Å². The van der Waals surface area contributed by atoms with Gasteiger partial charge < -0.3 is 24.3 Å². The van der Waals surface area contributed by atoms with Crippen LogP contribution in [0.15, 0.2) is 23.0 Å². The number of cyclic esters (lactones) is 1. The lowest BCUT2D eigenvalue weighted by molar-refractivity contribution is -0.149. The second-order valence-corrected chi connectivity index (χ2v) is 10.2. The number of esters is 1. The average Bonchev–Trinajstić information content (AvgIpc) is 3.21. The minimum absolute atomic E-state index is 0.153. The monoisotopic (exact) mass is 505 g/mol. The molecule has 3 aliphatic rings. The Balaban J connectivity index is 1.55. The highest BCUT2D eigenvalue weighted by Gasteiger charge is 2.39. The van der Waals surface area contributed by atoms with Crippen molar-refractivity contribution in [1.82, 2.24) is 14.5 Å². The first kappa shape index (κ1) is 24.1. The minimum Gasteiger partial charge on any atom is -0.508 e. The summed E-state index contributed by atoms with van der Waals surface area (Å²) in [5, 5.41) is 23.2. The smallest absolute Gasteiger partial charge is 0.309 e. The lowest BCUT2D eigenvalue weighted by Gasteiger charge is -2.28. The number of fused-ring (bicyclic) bond motifs is 5. The van der Waals surface area contributed by atoms with Gasteiger partial charge in [0.1, 0.15) is 18.0 Å². The molecule has 1 saturated heterocycles. The van der Waals surface area contributed by atoms with Gasteiger partial charge in [0.05, 0.1) is 48.6 Å². The Hall–Kier alpha value is -3.27. The molecule has 0 radical (unpaired) electrons. The van der Waals surface area contributed by atoms with E-state index in [0.29, 0.717) is 55.2 Å². The van der Waals surface area contributed by atoms with E-state index in [1.807, 2.05) is 12.1 Å². The summed E-state index contributed by atoms with van der Waals surface area (Å²) in [7, 11) is 0. The van der Waals surface area contributed by atoms with Gasteiger partial charge in [-0.25, -0.2) is 4.98 Å². The maximum Gasteiger partial charge on any atom is 0.309 e. The summed E-state index contributed by atoms with van der Waals surface area (Å²) < 4.78 is 12.4. The summed E-state index contributed by atoms with van der Waals surface area (Å²) in [6.45, 7) is 7.59. The number of rotatable bonds is 4. The van der Waals surface area contributed by atoms with Gasteiger partial charge in [0, 0.05) is 36.1 Å². The molecule has 0 bridgehead atoms. The van der Waals surface area contributed by atoms with Crippen LogP contribution in [0.5, 0.6) is 5.75 Å². The van der Waals surface area contributed by atoms with Crippen LogP contribution in [-0.2, 0) is 46.0 Å². The summed E-state index contributed by atoms with van der Waals surface area (Å²) in [6, 6.07) is 5.34. The Morgan fingerprint density at radius 3 is 2.62 bits per heavy atom. The molecule has 1 atom stereocenters. The molecule has 0 aliphatic carbocycles. The Morgan fingerprint density at radius 2 is 1.89 bits per heavy atom. The molecule has 3 aliphatic heterocycles. The molecule has 9 nitrogen and oxygen atoms in total. The van der Waals surface area contributed by atoms with Crippen molar-refractivity contribution >= 4 is 16.9 Å². The minimum atomic E-state index is -1.47. The fourth-order valence-corrected chi connectivity index (χ4v) is 6.06. The van der Waals surface area contributed by atoms with Crippen molar-refractivity contribution in [2.45, 2.75) is 58.4 Å². The zero-order valence-electron chi connectivity index (χ0n) is 21.2. The van der Waals surface area contributed by atoms with Crippen LogP contribution in [0.25, 0.3) is 22.3 Å². The first-order valence-electron chi connectivity index (χ1n) is 13.0. The molecule has 2 aromatic heterocycles. The highest BCUT2D eigenvalue weighted by atomic mass is 16.5. The fourth-order valence-electron chi connectivity index (χ4n) is 6.06. The number of aromatic hydroxyl groups is 1. The number of nitrogens with zero attached hydrogens (tertiary/aromatic N) is 3. The molecule has 194 valence electrons. The molecule has 6 rings (SSSR count). The lowest BCUT2D eigenvalue weighted by atomic mass is 9.85. The zero-order valence-corrected chi connectivity index (χ0v) is 21.2. The molecular weight excluding hydrogens is 474 g/mol. The number of aryl methyl sites for hydroxylation is 1. The van der Waals surface area contributed by atoms with Crippen LogP contribution in [0.1, 0.15) is 54.5 Å². The molecule has 1 aromatic carbocycles. The Morgan fingerprint density at radius 1 is 1.11 bits per heavy atom. The van der Waals surface area contributed by atoms with E-state index in [9.17, 15) is 19.8 Å². The van der Waals surface area contributed by atoms with Crippen molar-refractivity contribution in [3.8, 4) is 17.1 Å². The van der Waals surface area contributed by atoms with Crippen LogP contribution < -0.4 is 5.56 Å². The molecule has 0 saturated carbocycles. The van der Waals surface area contributed by atoms with Gasteiger partial charge >= 0.3 is 5.97 Å². The fraction of sp³-hybridized carbons (Fsp3) is 0.464. The number of ether oxygens (including phenoxy) is 2. The Labute approximate surface area is 214 Å². The number of phenols is 1. The third-order valence-corrected chi connectivity index (χ3v) is 8.15. The molecule has 3 aromatic rings. The van der Waals surface area contributed by atoms with Crippen molar-refractivity contribution < 1.29 is 24.5 Å². The number of pyridine rings is 2. The molecule has 1 unspecified atom stereocenters. The molecule has 1 fully saturated rings. The molecule has 37 heavy (non-hydrogen) atoms. The number of hydrogen-bond donors (Lipinski definition) is 2. The summed E-state index contributed by atoms with van der Waals surface area (Å²) in [6.07, 6.45) is 0.794. The van der Waals surface area contributed by atoms with Gasteiger partial charge in [-0.1, -0.05) is 13.8 Å². The number of morpholine rings is 1. The first-order valence-corrected chi connectivity index (χ1v) is 13.0. The van der Waals surface area contributed by atoms with Gasteiger partial charge in [0.15, 0.2) is 0 Å². The third kappa shape index (κ3) is 3.75. The molecular formula is C28H31N3O6. The SMILES string of the molecule is CCc1c2c(nc3ccc(O)c(CN4CCOCC4)c13)-c1cc3c(c(=O)n1C2)COC(=O)CC3(O)CC. The summed E-state index contributed by atoms with van der Waals surface area (Å²) >= 11 is 0. The van der Waals surface area contributed by atoms with Crippen molar-refractivity contribution in [2.24, 2.45) is 0 Å². The van der Waals surface area contributed by atoms with Crippen LogP contribution >= 0.6 is 0 Å². The molecule has 0 amide bonds. The van der Waals surface area contributed by atoms with E-state index in [4.69, 9.17) is 14.5 Å². The van der Waals surface area contributed by atoms with Crippen LogP contribution in [0.2, 0.25) is 0 Å². The average molecular weight is 506 g/mol. The third-order valence-electron chi connectivity index (χ3n) is 8.15. The van der Waals surface area contributed by atoms with Crippen LogP contribution in [0.4, 0.5) is 0 Å². The van der Waals surface area contributed by atoms with Crippen molar-refractivity contribution in [3.63, 3.8) is 0 Å². The standard InChI is InChI=1S/C28H31N3O6/c1-3-16-17-14-31-22(11-20-19(27(31)34)15-37-24(33)12-28(20,35)4-2)26(17)29-21-5-6-23(32)18(25(16)21)13-30-7-9-36-10-8-30/h5-6,11,32,35H,3-4,7-10,12-15H2,1-2H3. The van der Waals surface area contributed by atoms with Gasteiger partial charge in [-0.3, -0.25) is 14.5 Å². The number of benzene rings is 1. The van der Waals surface area contributed by atoms with Gasteiger partial charge in [-0.2, -0.15) is 0 Å². The molecule has 9 heteroatoms. The summed E-state index contributed by atoms with van der Waals surface area (Å²) in [4.78, 5) is 33.2. The second kappa shape index (κ2) is 8.93. The van der Waals surface area contributed by atoms with Gasteiger partial charge in [0.2, 0.25) is 0 Å². The normalized spacial score (nSPS) is 21.3. The van der Waals surface area contributed by atoms with Gasteiger partial charge in [-0.15, -0.1) is 0 Å². The number of carbonyl (C=O) groups is 1. The van der Waals surface area contributed by atoms with E-state index in [2.05, 4.69) is 11.8 Å². The topological polar surface area (TPSA) is 114 Å². The van der Waals surface area contributed by atoms with Crippen molar-refractivity contribution in [2.75, 3.05) is 26.3 Å². The Bertz CT molecular complexity index is 1490. The number of hydrogen-bond acceptors (Lipinski definition) is 8. The summed E-state index contributed by atoms with van der Waals surface area (Å²) in [5.41, 5.74) is 4.00. The van der Waals surface area contributed by atoms with E-state index >= 15 is 0 Å². The molecule has 0 spiro atoms. The number of phenolic OH excluding ortho intramolecular Hbond substituents is 1. The Kier molecular flexibility index (Phi) is 5.82. The predicted molar refractivity (Wildman–Crippen MR) is 136 cm³/mol. The van der Waals surface area contributed by atoms with E-state index < -0.39 is 11.6 Å². The molecule has 5 heterocycles. The predicted octanol–water partition coefficient (Wildman–Crippen LogP) is 2.57. The first-order chi connectivity index (χ1) is 17.8. The highest BCUT2D eigenvalue weighted by Crippen LogP contribution is 2.42. The van der Waals surface area contributed by atoms with Crippen molar-refractivity contribution in [3.05, 3.63) is 56.4 Å². The quantitative estimate of drug-likeness (QED) is 0.407. The second-order valence-electron chi connectivity index (χ2n) is 10.2. The highest BCUT2D eigenvalue weighted by molar-refractivity contribution is 5.92. The summed E-state index contributed by atoms with van der Waals surface area (Å²) in [5.74, 6) is -0.278.